The van der Waals surface area contributed by atoms with Gasteiger partial charge in [-0.25, -0.2) is 4.39 Å². The quantitative estimate of drug-likeness (QED) is 0.567. The minimum Gasteiger partial charge on any atom is -0.496 e. The van der Waals surface area contributed by atoms with Gasteiger partial charge in [-0.3, -0.25) is 14.5 Å². The summed E-state index contributed by atoms with van der Waals surface area (Å²) in [4.78, 5) is 31.2. The van der Waals surface area contributed by atoms with Crippen LogP contribution in [0.25, 0.3) is 0 Å². The van der Waals surface area contributed by atoms with Crippen LogP contribution in [0.5, 0.6) is 0 Å². The molecule has 0 aromatic heterocycles. The van der Waals surface area contributed by atoms with Gasteiger partial charge in [0.25, 0.3) is 5.91 Å². The number of amides is 2. The molecule has 2 fully saturated rings. The first-order valence-corrected chi connectivity index (χ1v) is 14.2. The summed E-state index contributed by atoms with van der Waals surface area (Å²) in [5.74, 6) is 0.508. The zero-order valence-corrected chi connectivity index (χ0v) is 23.0. The zero-order chi connectivity index (χ0) is 27.4. The molecule has 2 aliphatic heterocycles. The lowest BCUT2D eigenvalue weighted by atomic mass is 9.78. The van der Waals surface area contributed by atoms with E-state index in [1.54, 1.807) is 13.0 Å². The van der Waals surface area contributed by atoms with Crippen molar-refractivity contribution in [1.82, 2.24) is 15.1 Å². The summed E-state index contributed by atoms with van der Waals surface area (Å²) < 4.78 is 20.8. The van der Waals surface area contributed by atoms with Crippen LogP contribution >= 0.6 is 0 Å². The molecule has 1 aromatic carbocycles. The highest BCUT2D eigenvalue weighted by molar-refractivity contribution is 5.96. The van der Waals surface area contributed by atoms with E-state index in [-0.39, 0.29) is 23.7 Å². The number of hydrogen-bond acceptors (Lipinski definition) is 5. The first kappa shape index (κ1) is 27.2. The van der Waals surface area contributed by atoms with Crippen LogP contribution in [-0.4, -0.2) is 74.0 Å². The van der Waals surface area contributed by atoms with Crippen molar-refractivity contribution < 1.29 is 18.7 Å². The molecule has 5 rings (SSSR count). The number of piperazine rings is 1. The number of carbonyl (C=O) groups is 2. The molecule has 2 heterocycles. The van der Waals surface area contributed by atoms with Crippen molar-refractivity contribution >= 4 is 17.5 Å². The van der Waals surface area contributed by atoms with Crippen LogP contribution in [0.2, 0.25) is 0 Å². The van der Waals surface area contributed by atoms with Gasteiger partial charge in [-0.1, -0.05) is 25.2 Å². The van der Waals surface area contributed by atoms with Gasteiger partial charge in [0.05, 0.1) is 0 Å². The number of fused-ring (bicyclic) bond motifs is 1. The average Bonchev–Trinajstić information content (AvgIpc) is 2.94. The molecular weight excluding hydrogens is 495 g/mol. The van der Waals surface area contributed by atoms with Gasteiger partial charge in [0.15, 0.2) is 0 Å². The molecule has 0 spiro atoms. The van der Waals surface area contributed by atoms with Crippen LogP contribution < -0.4 is 10.2 Å². The third-order valence-electron chi connectivity index (χ3n) is 8.19. The van der Waals surface area contributed by atoms with E-state index in [9.17, 15) is 14.0 Å². The number of allylic oxidation sites excluding steroid dienone is 7. The number of anilines is 1. The van der Waals surface area contributed by atoms with Crippen LogP contribution in [-0.2, 0) is 9.53 Å². The van der Waals surface area contributed by atoms with E-state index in [0.717, 1.165) is 81.4 Å². The molecule has 8 heteroatoms. The summed E-state index contributed by atoms with van der Waals surface area (Å²) in [6, 6.07) is 4.62. The number of ether oxygens (including phenoxy) is 1. The molecule has 4 aliphatic rings. The third kappa shape index (κ3) is 6.44. The van der Waals surface area contributed by atoms with Crippen molar-refractivity contribution in [2.45, 2.75) is 33.1 Å². The predicted molar refractivity (Wildman–Crippen MR) is 151 cm³/mol. The molecule has 0 radical (unpaired) electrons. The largest absolute Gasteiger partial charge is 0.496 e. The monoisotopic (exact) mass is 534 g/mol. The lowest BCUT2D eigenvalue weighted by Crippen LogP contribution is -2.48. The van der Waals surface area contributed by atoms with E-state index in [2.05, 4.69) is 28.1 Å². The second kappa shape index (κ2) is 12.2. The van der Waals surface area contributed by atoms with E-state index in [1.165, 1.54) is 18.6 Å². The lowest BCUT2D eigenvalue weighted by Gasteiger charge is -2.35. The lowest BCUT2D eigenvalue weighted by molar-refractivity contribution is -0.130. The topological polar surface area (TPSA) is 65.1 Å². The first-order valence-electron chi connectivity index (χ1n) is 14.2. The van der Waals surface area contributed by atoms with Crippen molar-refractivity contribution in [3.8, 4) is 0 Å². The van der Waals surface area contributed by atoms with E-state index in [1.807, 2.05) is 29.2 Å². The van der Waals surface area contributed by atoms with Gasteiger partial charge in [-0.05, 0) is 61.1 Å². The van der Waals surface area contributed by atoms with E-state index in [0.29, 0.717) is 12.2 Å². The molecule has 0 saturated carbocycles. The van der Waals surface area contributed by atoms with Gasteiger partial charge >= 0.3 is 0 Å². The van der Waals surface area contributed by atoms with Crippen LogP contribution in [0.15, 0.2) is 65.6 Å². The van der Waals surface area contributed by atoms with Crippen molar-refractivity contribution in [2.24, 2.45) is 11.8 Å². The molecule has 2 saturated heterocycles. The Hall–Kier alpha value is -3.39. The van der Waals surface area contributed by atoms with Crippen LogP contribution in [0.3, 0.4) is 0 Å². The van der Waals surface area contributed by atoms with Gasteiger partial charge in [0.2, 0.25) is 5.91 Å². The maximum atomic E-state index is 14.5. The molecule has 1 aromatic rings. The van der Waals surface area contributed by atoms with Gasteiger partial charge in [0, 0.05) is 75.6 Å². The Balaban J connectivity index is 1.25. The maximum absolute atomic E-state index is 14.5. The third-order valence-corrected chi connectivity index (χ3v) is 8.19. The number of halogens is 1. The predicted octanol–water partition coefficient (Wildman–Crippen LogP) is 4.26. The SMILES string of the molecule is CC(=O)N1CCN(CCOC2=CC=C(NC(=O)c3cc(F)cc(N4CCCCC4)c3)C3=CC=CC(C)C23)CC1. The fourth-order valence-electron chi connectivity index (χ4n) is 5.93. The molecule has 39 heavy (non-hydrogen) atoms. The summed E-state index contributed by atoms with van der Waals surface area (Å²) in [7, 11) is 0. The van der Waals surface area contributed by atoms with Crippen molar-refractivity contribution in [1.29, 1.82) is 0 Å². The molecule has 2 unspecified atom stereocenters. The van der Waals surface area contributed by atoms with E-state index >= 15 is 0 Å². The number of rotatable bonds is 7. The van der Waals surface area contributed by atoms with Crippen molar-refractivity contribution in [3.05, 3.63) is 77.0 Å². The average molecular weight is 535 g/mol. The number of nitrogens with zero attached hydrogens (tertiary/aromatic N) is 3. The summed E-state index contributed by atoms with van der Waals surface area (Å²) in [5, 5.41) is 3.05. The molecular formula is C31H39FN4O3. The highest BCUT2D eigenvalue weighted by atomic mass is 19.1. The molecule has 2 atom stereocenters. The maximum Gasteiger partial charge on any atom is 0.255 e. The van der Waals surface area contributed by atoms with Crippen LogP contribution in [0.4, 0.5) is 10.1 Å². The van der Waals surface area contributed by atoms with E-state index in [4.69, 9.17) is 4.74 Å². The van der Waals surface area contributed by atoms with Crippen LogP contribution in [0.1, 0.15) is 43.5 Å². The Morgan fingerprint density at radius 3 is 2.51 bits per heavy atom. The summed E-state index contributed by atoms with van der Waals surface area (Å²) in [6.07, 6.45) is 13.4. The molecule has 2 amide bonds. The number of benzene rings is 1. The molecule has 0 bridgehead atoms. The van der Waals surface area contributed by atoms with Gasteiger partial charge in [-0.15, -0.1) is 0 Å². The van der Waals surface area contributed by atoms with Crippen molar-refractivity contribution in [3.63, 3.8) is 0 Å². The number of hydrogen-bond donors (Lipinski definition) is 1. The summed E-state index contributed by atoms with van der Waals surface area (Å²) >= 11 is 0. The molecule has 208 valence electrons. The highest BCUT2D eigenvalue weighted by Gasteiger charge is 2.32. The Labute approximate surface area is 230 Å². The second-order valence-corrected chi connectivity index (χ2v) is 10.9. The Bertz CT molecular complexity index is 1210. The smallest absolute Gasteiger partial charge is 0.255 e. The second-order valence-electron chi connectivity index (χ2n) is 10.9. The van der Waals surface area contributed by atoms with Crippen LogP contribution in [0, 0.1) is 17.7 Å². The Morgan fingerprint density at radius 1 is 1.00 bits per heavy atom. The Kier molecular flexibility index (Phi) is 8.50. The summed E-state index contributed by atoms with van der Waals surface area (Å²) in [5.41, 5.74) is 2.81. The zero-order valence-electron chi connectivity index (χ0n) is 23.0. The minimum absolute atomic E-state index is 0.00119. The number of piperidine rings is 1. The molecule has 2 aliphatic carbocycles. The standard InChI is InChI=1S/C31H39FN4O3/c1-22-7-6-8-27-28(33-31(38)24-19-25(32)21-26(20-24)36-11-4-3-5-12-36)9-10-29(30(22)27)39-18-17-34-13-15-35(16-14-34)23(2)37/h6-10,19-22,30H,3-5,11-18H2,1-2H3,(H,33,38). The van der Waals surface area contributed by atoms with Gasteiger partial charge in [-0.2, -0.15) is 0 Å². The van der Waals surface area contributed by atoms with Crippen molar-refractivity contribution in [2.75, 3.05) is 57.3 Å². The van der Waals surface area contributed by atoms with E-state index < -0.39 is 5.82 Å². The first-order chi connectivity index (χ1) is 18.9. The number of nitrogens with one attached hydrogen (secondary N) is 1. The fourth-order valence-corrected chi connectivity index (χ4v) is 5.93. The Morgan fingerprint density at radius 2 is 1.77 bits per heavy atom. The normalized spacial score (nSPS) is 23.4. The highest BCUT2D eigenvalue weighted by Crippen LogP contribution is 2.39. The van der Waals surface area contributed by atoms with Gasteiger partial charge < -0.3 is 19.9 Å². The van der Waals surface area contributed by atoms with Gasteiger partial charge in [0.1, 0.15) is 18.2 Å². The summed E-state index contributed by atoms with van der Waals surface area (Å²) in [6.45, 7) is 10.1. The number of carbonyl (C=O) groups excluding carboxylic acids is 2. The molecule has 7 nitrogen and oxygen atoms in total. The fraction of sp³-hybridized carbons (Fsp3) is 0.484. The molecule has 1 N–H and O–H groups in total. The minimum atomic E-state index is -0.398.